The van der Waals surface area contributed by atoms with Crippen LogP contribution in [0.25, 0.3) is 0 Å². The SMILES string of the molecule is CCNC(=NCc1cccc(OC)c1)NCCC(=O)NC(C)CC.I. The molecule has 1 unspecified atom stereocenters. The van der Waals surface area contributed by atoms with Crippen molar-refractivity contribution < 1.29 is 9.53 Å². The number of carbonyl (C=O) groups excluding carboxylic acids is 1. The van der Waals surface area contributed by atoms with E-state index in [0.29, 0.717) is 25.5 Å². The molecule has 0 aromatic heterocycles. The molecule has 0 aliphatic heterocycles. The van der Waals surface area contributed by atoms with Crippen molar-refractivity contribution in [1.82, 2.24) is 16.0 Å². The van der Waals surface area contributed by atoms with Gasteiger partial charge < -0.3 is 20.7 Å². The largest absolute Gasteiger partial charge is 0.497 e. The van der Waals surface area contributed by atoms with E-state index in [1.807, 2.05) is 38.1 Å². The highest BCUT2D eigenvalue weighted by Gasteiger charge is 2.05. The van der Waals surface area contributed by atoms with Gasteiger partial charge in [-0.2, -0.15) is 0 Å². The molecule has 0 aliphatic rings. The van der Waals surface area contributed by atoms with E-state index in [1.54, 1.807) is 7.11 Å². The van der Waals surface area contributed by atoms with E-state index < -0.39 is 0 Å². The minimum Gasteiger partial charge on any atom is -0.497 e. The number of ether oxygens (including phenoxy) is 1. The summed E-state index contributed by atoms with van der Waals surface area (Å²) in [6, 6.07) is 8.05. The number of hydrogen-bond acceptors (Lipinski definition) is 3. The van der Waals surface area contributed by atoms with Gasteiger partial charge in [-0.25, -0.2) is 4.99 Å². The number of rotatable bonds is 9. The molecule has 1 rings (SSSR count). The number of nitrogens with zero attached hydrogens (tertiary/aromatic N) is 1. The third-order valence-electron chi connectivity index (χ3n) is 3.56. The van der Waals surface area contributed by atoms with Crippen LogP contribution in [0.4, 0.5) is 0 Å². The van der Waals surface area contributed by atoms with Crippen molar-refractivity contribution in [2.45, 2.75) is 46.2 Å². The van der Waals surface area contributed by atoms with Gasteiger partial charge in [-0.1, -0.05) is 19.1 Å². The summed E-state index contributed by atoms with van der Waals surface area (Å²) in [5.41, 5.74) is 1.07. The molecular weight excluding hydrogens is 431 g/mol. The first-order valence-electron chi connectivity index (χ1n) is 8.53. The highest BCUT2D eigenvalue weighted by atomic mass is 127. The van der Waals surface area contributed by atoms with Crippen LogP contribution in [0.3, 0.4) is 0 Å². The normalized spacial score (nSPS) is 11.9. The van der Waals surface area contributed by atoms with Gasteiger partial charge in [-0.3, -0.25) is 4.79 Å². The first-order chi connectivity index (χ1) is 11.6. The number of amides is 1. The van der Waals surface area contributed by atoms with E-state index in [1.165, 1.54) is 0 Å². The third-order valence-corrected chi connectivity index (χ3v) is 3.56. The zero-order valence-electron chi connectivity index (χ0n) is 15.6. The van der Waals surface area contributed by atoms with Crippen molar-refractivity contribution >= 4 is 35.8 Å². The molecule has 1 aromatic carbocycles. The van der Waals surface area contributed by atoms with Crippen LogP contribution in [0.2, 0.25) is 0 Å². The molecule has 7 heteroatoms. The molecule has 0 spiro atoms. The van der Waals surface area contributed by atoms with Crippen LogP contribution in [0.1, 0.15) is 39.2 Å². The summed E-state index contributed by atoms with van der Waals surface area (Å²) in [6.07, 6.45) is 1.36. The van der Waals surface area contributed by atoms with E-state index in [0.717, 1.165) is 24.3 Å². The Labute approximate surface area is 168 Å². The first-order valence-corrected chi connectivity index (χ1v) is 8.53. The number of hydrogen-bond donors (Lipinski definition) is 3. The molecule has 1 amide bonds. The van der Waals surface area contributed by atoms with Gasteiger partial charge in [0.1, 0.15) is 5.75 Å². The fraction of sp³-hybridized carbons (Fsp3) is 0.556. The van der Waals surface area contributed by atoms with Gasteiger partial charge in [-0.05, 0) is 38.0 Å². The number of aliphatic imine (C=N–C) groups is 1. The second kappa shape index (κ2) is 13.7. The van der Waals surface area contributed by atoms with Crippen molar-refractivity contribution in [3.05, 3.63) is 29.8 Å². The lowest BCUT2D eigenvalue weighted by Crippen LogP contribution is -2.40. The lowest BCUT2D eigenvalue weighted by molar-refractivity contribution is -0.121. The van der Waals surface area contributed by atoms with Gasteiger partial charge in [0, 0.05) is 25.6 Å². The van der Waals surface area contributed by atoms with Crippen molar-refractivity contribution in [3.8, 4) is 5.75 Å². The average molecular weight is 462 g/mol. The number of nitrogens with one attached hydrogen (secondary N) is 3. The summed E-state index contributed by atoms with van der Waals surface area (Å²) < 4.78 is 5.22. The van der Waals surface area contributed by atoms with Gasteiger partial charge in [0.25, 0.3) is 0 Å². The van der Waals surface area contributed by atoms with Crippen LogP contribution in [-0.2, 0) is 11.3 Å². The summed E-state index contributed by atoms with van der Waals surface area (Å²) in [4.78, 5) is 16.3. The molecule has 6 nitrogen and oxygen atoms in total. The monoisotopic (exact) mass is 462 g/mol. The first kappa shape index (κ1) is 23.5. The lowest BCUT2D eigenvalue weighted by atomic mass is 10.2. The van der Waals surface area contributed by atoms with Gasteiger partial charge >= 0.3 is 0 Å². The van der Waals surface area contributed by atoms with E-state index in [9.17, 15) is 4.79 Å². The van der Waals surface area contributed by atoms with Crippen LogP contribution in [0, 0.1) is 0 Å². The van der Waals surface area contributed by atoms with Gasteiger partial charge in [0.05, 0.1) is 13.7 Å². The zero-order valence-corrected chi connectivity index (χ0v) is 17.9. The third kappa shape index (κ3) is 10.2. The molecule has 25 heavy (non-hydrogen) atoms. The number of methoxy groups -OCH3 is 1. The average Bonchev–Trinajstić information content (AvgIpc) is 2.59. The highest BCUT2D eigenvalue weighted by molar-refractivity contribution is 14.0. The Hall–Kier alpha value is -1.51. The van der Waals surface area contributed by atoms with Crippen LogP contribution in [0.15, 0.2) is 29.3 Å². The zero-order chi connectivity index (χ0) is 17.8. The van der Waals surface area contributed by atoms with Crippen LogP contribution in [0.5, 0.6) is 5.75 Å². The Morgan fingerprint density at radius 3 is 2.68 bits per heavy atom. The summed E-state index contributed by atoms with van der Waals surface area (Å²) in [5.74, 6) is 1.58. The molecule has 0 saturated heterocycles. The maximum Gasteiger partial charge on any atom is 0.221 e. The Bertz CT molecular complexity index is 538. The predicted octanol–water partition coefficient (Wildman–Crippen LogP) is 2.67. The van der Waals surface area contributed by atoms with Crippen molar-refractivity contribution in [2.75, 3.05) is 20.2 Å². The van der Waals surface area contributed by atoms with Gasteiger partial charge in [0.15, 0.2) is 5.96 Å². The fourth-order valence-electron chi connectivity index (χ4n) is 2.03. The number of benzene rings is 1. The fourth-order valence-corrected chi connectivity index (χ4v) is 2.03. The maximum atomic E-state index is 11.8. The van der Waals surface area contributed by atoms with Crippen molar-refractivity contribution in [2.24, 2.45) is 4.99 Å². The Balaban J connectivity index is 0.00000576. The standard InChI is InChI=1S/C18H30N4O2.HI/c1-5-14(3)22-17(23)10-11-20-18(19-6-2)21-13-15-8-7-9-16(12-15)24-4;/h7-9,12,14H,5-6,10-11,13H2,1-4H3,(H,22,23)(H2,19,20,21);1H. The second-order valence-corrected chi connectivity index (χ2v) is 5.60. The van der Waals surface area contributed by atoms with Crippen LogP contribution < -0.4 is 20.7 Å². The number of halogens is 1. The lowest BCUT2D eigenvalue weighted by Gasteiger charge is -2.13. The van der Waals surface area contributed by atoms with Crippen molar-refractivity contribution in [1.29, 1.82) is 0 Å². The molecular formula is C18H31IN4O2. The highest BCUT2D eigenvalue weighted by Crippen LogP contribution is 2.13. The summed E-state index contributed by atoms with van der Waals surface area (Å²) in [6.45, 7) is 7.93. The topological polar surface area (TPSA) is 74.8 Å². The van der Waals surface area contributed by atoms with E-state index in [4.69, 9.17) is 4.74 Å². The smallest absolute Gasteiger partial charge is 0.221 e. The molecule has 0 bridgehead atoms. The van der Waals surface area contributed by atoms with Crippen LogP contribution >= 0.6 is 24.0 Å². The Morgan fingerprint density at radius 2 is 2.04 bits per heavy atom. The maximum absolute atomic E-state index is 11.8. The van der Waals surface area contributed by atoms with Crippen molar-refractivity contribution in [3.63, 3.8) is 0 Å². The molecule has 1 atom stereocenters. The predicted molar refractivity (Wildman–Crippen MR) is 114 cm³/mol. The summed E-state index contributed by atoms with van der Waals surface area (Å²) in [7, 11) is 1.65. The molecule has 0 aliphatic carbocycles. The van der Waals surface area contributed by atoms with Crippen LogP contribution in [-0.4, -0.2) is 38.1 Å². The molecule has 0 fully saturated rings. The second-order valence-electron chi connectivity index (χ2n) is 5.60. The number of carbonyl (C=O) groups is 1. The minimum atomic E-state index is 0. The quantitative estimate of drug-likeness (QED) is 0.300. The Morgan fingerprint density at radius 1 is 1.28 bits per heavy atom. The minimum absolute atomic E-state index is 0. The Kier molecular flexibility index (Phi) is 12.9. The molecule has 1 aromatic rings. The van der Waals surface area contributed by atoms with Gasteiger partial charge in [0.2, 0.25) is 5.91 Å². The molecule has 3 N–H and O–H groups in total. The molecule has 0 saturated carbocycles. The van der Waals surface area contributed by atoms with Gasteiger partial charge in [-0.15, -0.1) is 24.0 Å². The van der Waals surface area contributed by atoms with E-state index in [2.05, 4.69) is 27.9 Å². The van der Waals surface area contributed by atoms with E-state index in [-0.39, 0.29) is 35.9 Å². The summed E-state index contributed by atoms with van der Waals surface area (Å²) >= 11 is 0. The number of guanidine groups is 1. The molecule has 0 heterocycles. The van der Waals surface area contributed by atoms with E-state index >= 15 is 0 Å². The summed E-state index contributed by atoms with van der Waals surface area (Å²) in [5, 5.41) is 9.32. The molecule has 142 valence electrons. The molecule has 0 radical (unpaired) electrons.